The summed E-state index contributed by atoms with van der Waals surface area (Å²) < 4.78 is 32.4. The number of amides is 1. The van der Waals surface area contributed by atoms with Crippen LogP contribution in [0.2, 0.25) is 10.0 Å². The van der Waals surface area contributed by atoms with Crippen LogP contribution in [0, 0.1) is 0 Å². The predicted octanol–water partition coefficient (Wildman–Crippen LogP) is 3.99. The molecule has 1 heterocycles. The number of rotatable bonds is 5. The first-order valence-electron chi connectivity index (χ1n) is 8.35. The van der Waals surface area contributed by atoms with Crippen LogP contribution in [0.25, 0.3) is 0 Å². The highest BCUT2D eigenvalue weighted by molar-refractivity contribution is 7.98. The van der Waals surface area contributed by atoms with Crippen LogP contribution in [0.3, 0.4) is 0 Å². The fourth-order valence-electron chi connectivity index (χ4n) is 2.73. The molecule has 1 aliphatic rings. The van der Waals surface area contributed by atoms with Crippen LogP contribution >= 0.6 is 35.0 Å². The van der Waals surface area contributed by atoms with Gasteiger partial charge in [0.1, 0.15) is 4.90 Å². The van der Waals surface area contributed by atoms with Crippen LogP contribution in [0.1, 0.15) is 10.4 Å². The number of benzene rings is 2. The number of carbonyl (C=O) groups is 1. The Kier molecular flexibility index (Phi) is 6.90. The Morgan fingerprint density at radius 1 is 1.14 bits per heavy atom. The average Bonchev–Trinajstić information content (AvgIpc) is 2.68. The number of hydrogen-bond donors (Lipinski definition) is 1. The lowest BCUT2D eigenvalue weighted by molar-refractivity contribution is 0.0730. The van der Waals surface area contributed by atoms with Crippen LogP contribution in [0.5, 0.6) is 0 Å². The maximum atomic E-state index is 12.9. The Hall–Kier alpha value is -1.29. The Morgan fingerprint density at radius 3 is 2.54 bits per heavy atom. The van der Waals surface area contributed by atoms with E-state index in [0.717, 1.165) is 4.90 Å². The van der Waals surface area contributed by atoms with Crippen LogP contribution in [-0.4, -0.2) is 51.2 Å². The lowest BCUT2D eigenvalue weighted by Gasteiger charge is -2.26. The van der Waals surface area contributed by atoms with E-state index in [-0.39, 0.29) is 33.6 Å². The summed E-state index contributed by atoms with van der Waals surface area (Å²) in [6.45, 7) is 1.07. The van der Waals surface area contributed by atoms with Crippen molar-refractivity contribution in [3.8, 4) is 0 Å². The lowest BCUT2D eigenvalue weighted by Crippen LogP contribution is -2.40. The van der Waals surface area contributed by atoms with E-state index in [2.05, 4.69) is 5.32 Å². The number of morpholine rings is 1. The van der Waals surface area contributed by atoms with Crippen molar-refractivity contribution in [2.75, 3.05) is 37.9 Å². The second kappa shape index (κ2) is 9.02. The Morgan fingerprint density at radius 2 is 1.86 bits per heavy atom. The van der Waals surface area contributed by atoms with E-state index in [4.69, 9.17) is 27.9 Å². The summed E-state index contributed by atoms with van der Waals surface area (Å²) >= 11 is 13.9. The van der Waals surface area contributed by atoms with Gasteiger partial charge in [-0.05, 0) is 36.6 Å². The summed E-state index contributed by atoms with van der Waals surface area (Å²) in [6, 6.07) is 9.80. The lowest BCUT2D eigenvalue weighted by atomic mass is 10.2. The third-order valence-corrected chi connectivity index (χ3v) is 7.58. The molecule has 1 amide bonds. The Labute approximate surface area is 178 Å². The molecular weight excluding hydrogens is 443 g/mol. The molecule has 0 atom stereocenters. The van der Waals surface area contributed by atoms with Crippen molar-refractivity contribution in [1.29, 1.82) is 0 Å². The molecule has 0 radical (unpaired) electrons. The van der Waals surface area contributed by atoms with Gasteiger partial charge in [0.15, 0.2) is 0 Å². The van der Waals surface area contributed by atoms with Gasteiger partial charge in [-0.2, -0.15) is 4.31 Å². The van der Waals surface area contributed by atoms with E-state index in [0.29, 0.717) is 18.9 Å². The number of hydrogen-bond acceptors (Lipinski definition) is 5. The molecule has 0 aliphatic carbocycles. The molecule has 10 heteroatoms. The Balaban J connectivity index is 1.93. The molecule has 2 aromatic carbocycles. The van der Waals surface area contributed by atoms with Gasteiger partial charge in [0, 0.05) is 23.7 Å². The zero-order chi connectivity index (χ0) is 20.3. The Bertz CT molecular complexity index is 993. The van der Waals surface area contributed by atoms with Crippen molar-refractivity contribution in [3.63, 3.8) is 0 Å². The molecule has 0 saturated carbocycles. The fraction of sp³-hybridized carbons (Fsp3) is 0.278. The van der Waals surface area contributed by atoms with E-state index >= 15 is 0 Å². The monoisotopic (exact) mass is 460 g/mol. The minimum absolute atomic E-state index is 0.0302. The van der Waals surface area contributed by atoms with Gasteiger partial charge in [0.2, 0.25) is 10.0 Å². The molecule has 6 nitrogen and oxygen atoms in total. The van der Waals surface area contributed by atoms with Gasteiger partial charge in [-0.15, -0.1) is 11.8 Å². The largest absolute Gasteiger partial charge is 0.379 e. The number of carbonyl (C=O) groups excluding carboxylic acids is 1. The number of nitrogens with zero attached hydrogens (tertiary/aromatic N) is 1. The third kappa shape index (κ3) is 4.64. The van der Waals surface area contributed by atoms with Crippen molar-refractivity contribution >= 4 is 56.6 Å². The molecule has 1 fully saturated rings. The predicted molar refractivity (Wildman–Crippen MR) is 112 cm³/mol. The summed E-state index contributed by atoms with van der Waals surface area (Å²) in [6.07, 6.45) is 1.93. The minimum Gasteiger partial charge on any atom is -0.379 e. The topological polar surface area (TPSA) is 75.7 Å². The van der Waals surface area contributed by atoms with Gasteiger partial charge in [0.05, 0.1) is 28.8 Å². The number of anilines is 1. The first kappa shape index (κ1) is 21.4. The average molecular weight is 461 g/mol. The van der Waals surface area contributed by atoms with Gasteiger partial charge in [-0.3, -0.25) is 4.79 Å². The molecule has 0 aromatic heterocycles. The first-order chi connectivity index (χ1) is 13.3. The fourth-order valence-corrected chi connectivity index (χ4v) is 5.43. The number of halogens is 2. The standard InChI is InChI=1S/C18H18Cl2N2O4S2/c1-27-13-4-2-3-12(9-13)21-18(23)14-10-17(16(20)11-15(14)19)28(24,25)22-5-7-26-8-6-22/h2-4,9-11H,5-8H2,1H3,(H,21,23). The second-order valence-electron chi connectivity index (χ2n) is 5.97. The van der Waals surface area contributed by atoms with Crippen molar-refractivity contribution in [3.05, 3.63) is 52.0 Å². The van der Waals surface area contributed by atoms with Gasteiger partial charge < -0.3 is 10.1 Å². The third-order valence-electron chi connectivity index (χ3n) is 4.18. The van der Waals surface area contributed by atoms with Gasteiger partial charge in [-0.1, -0.05) is 29.3 Å². The summed E-state index contributed by atoms with van der Waals surface area (Å²) in [7, 11) is -3.87. The van der Waals surface area contributed by atoms with Gasteiger partial charge in [0.25, 0.3) is 5.91 Å². The van der Waals surface area contributed by atoms with E-state index in [1.807, 2.05) is 24.5 Å². The van der Waals surface area contributed by atoms with E-state index in [1.54, 1.807) is 17.8 Å². The van der Waals surface area contributed by atoms with Crippen molar-refractivity contribution in [2.24, 2.45) is 0 Å². The zero-order valence-corrected chi connectivity index (χ0v) is 18.1. The minimum atomic E-state index is -3.87. The van der Waals surface area contributed by atoms with Crippen LogP contribution < -0.4 is 5.32 Å². The molecule has 28 heavy (non-hydrogen) atoms. The summed E-state index contributed by atoms with van der Waals surface area (Å²) in [5.74, 6) is -0.515. The summed E-state index contributed by atoms with van der Waals surface area (Å²) in [5.41, 5.74) is 0.618. The number of ether oxygens (including phenoxy) is 1. The molecule has 2 aromatic rings. The molecule has 3 rings (SSSR count). The van der Waals surface area contributed by atoms with Crippen LogP contribution in [0.15, 0.2) is 46.2 Å². The van der Waals surface area contributed by atoms with Gasteiger partial charge in [-0.25, -0.2) is 8.42 Å². The molecule has 1 N–H and O–H groups in total. The van der Waals surface area contributed by atoms with E-state index < -0.39 is 15.9 Å². The van der Waals surface area contributed by atoms with Crippen LogP contribution in [-0.2, 0) is 14.8 Å². The SMILES string of the molecule is CSc1cccc(NC(=O)c2cc(S(=O)(=O)N3CCOCC3)c(Cl)cc2Cl)c1. The van der Waals surface area contributed by atoms with Crippen molar-refractivity contribution in [1.82, 2.24) is 4.31 Å². The molecule has 150 valence electrons. The molecule has 0 bridgehead atoms. The van der Waals surface area contributed by atoms with E-state index in [9.17, 15) is 13.2 Å². The maximum absolute atomic E-state index is 12.9. The zero-order valence-electron chi connectivity index (χ0n) is 14.9. The van der Waals surface area contributed by atoms with Gasteiger partial charge >= 0.3 is 0 Å². The quantitative estimate of drug-likeness (QED) is 0.682. The normalized spacial score (nSPS) is 15.4. The number of sulfonamides is 1. The summed E-state index contributed by atoms with van der Waals surface area (Å²) in [5, 5.41) is 2.79. The smallest absolute Gasteiger partial charge is 0.257 e. The summed E-state index contributed by atoms with van der Waals surface area (Å²) in [4.78, 5) is 13.6. The first-order valence-corrected chi connectivity index (χ1v) is 11.8. The molecule has 0 unspecified atom stereocenters. The highest BCUT2D eigenvalue weighted by atomic mass is 35.5. The molecule has 1 aliphatic heterocycles. The van der Waals surface area contributed by atoms with Crippen molar-refractivity contribution in [2.45, 2.75) is 9.79 Å². The highest BCUT2D eigenvalue weighted by Crippen LogP contribution is 2.31. The molecule has 1 saturated heterocycles. The van der Waals surface area contributed by atoms with Crippen molar-refractivity contribution < 1.29 is 17.9 Å². The second-order valence-corrected chi connectivity index (χ2v) is 9.57. The van der Waals surface area contributed by atoms with E-state index in [1.165, 1.54) is 16.4 Å². The van der Waals surface area contributed by atoms with Crippen LogP contribution in [0.4, 0.5) is 5.69 Å². The number of nitrogens with one attached hydrogen (secondary N) is 1. The molecule has 0 spiro atoms. The molecular formula is C18H18Cl2N2O4S2. The maximum Gasteiger partial charge on any atom is 0.257 e. The number of thioether (sulfide) groups is 1. The highest BCUT2D eigenvalue weighted by Gasteiger charge is 2.30.